The molecule has 0 spiro atoms. The number of amides is 2. The van der Waals surface area contributed by atoms with Crippen LogP contribution in [0.3, 0.4) is 0 Å². The van der Waals surface area contributed by atoms with Gasteiger partial charge in [0.15, 0.2) is 7.28 Å². The van der Waals surface area contributed by atoms with Crippen LogP contribution in [-0.2, 0) is 9.59 Å². The predicted octanol–water partition coefficient (Wildman–Crippen LogP) is 4.18. The Hall–Kier alpha value is -2.04. The molecule has 27 heavy (non-hydrogen) atoms. The second-order valence-electron chi connectivity index (χ2n) is 7.90. The van der Waals surface area contributed by atoms with E-state index in [1.54, 1.807) is 17.1 Å². The minimum atomic E-state index is -0.559. The molecule has 150 valence electrons. The fraction of sp³-hybridized carbons (Fsp3) is 0.545. The Labute approximate surface area is 166 Å². The second-order valence-corrected chi connectivity index (χ2v) is 7.90. The molecule has 0 fully saturated rings. The van der Waals surface area contributed by atoms with E-state index in [2.05, 4.69) is 25.4 Å². The fourth-order valence-electron chi connectivity index (χ4n) is 2.77. The van der Waals surface area contributed by atoms with Crippen LogP contribution in [-0.4, -0.2) is 36.6 Å². The maximum atomic E-state index is 13.1. The summed E-state index contributed by atoms with van der Waals surface area (Å²) in [5.41, 5.74) is 1.49. The molecule has 0 heterocycles. The summed E-state index contributed by atoms with van der Waals surface area (Å²) in [4.78, 5) is 27.3. The van der Waals surface area contributed by atoms with Crippen molar-refractivity contribution in [3.8, 4) is 0 Å². The maximum Gasteiger partial charge on any atom is 0.316 e. The smallest absolute Gasteiger partial charge is 0.316 e. The molecule has 0 rings (SSSR count). The maximum absolute atomic E-state index is 13.1. The number of rotatable bonds is 10. The number of carbonyl (C=O) groups is 2. The lowest BCUT2D eigenvalue weighted by molar-refractivity contribution is -0.145. The summed E-state index contributed by atoms with van der Waals surface area (Å²) in [5.74, 6) is -1.09. The van der Waals surface area contributed by atoms with Gasteiger partial charge in [0.05, 0.1) is 0 Å². The zero-order valence-electron chi connectivity index (χ0n) is 18.1. The molecule has 0 aromatic carbocycles. The molecular weight excluding hydrogens is 335 g/mol. The van der Waals surface area contributed by atoms with Gasteiger partial charge in [0.25, 0.3) is 0 Å². The first-order valence-corrected chi connectivity index (χ1v) is 9.92. The molecule has 0 saturated heterocycles. The molecule has 0 aromatic heterocycles. The summed E-state index contributed by atoms with van der Waals surface area (Å²) in [7, 11) is 0.785. The molecule has 0 aliphatic rings. The summed E-state index contributed by atoms with van der Waals surface area (Å²) in [5, 5.41) is 2.85. The number of nitrogens with zero attached hydrogens (tertiary/aromatic N) is 1. The minimum Gasteiger partial charge on any atom is -0.345 e. The van der Waals surface area contributed by atoms with Gasteiger partial charge in [0.2, 0.25) is 0 Å². The minimum absolute atomic E-state index is 0.00451. The lowest BCUT2D eigenvalue weighted by Gasteiger charge is -2.32. The van der Waals surface area contributed by atoms with E-state index in [-0.39, 0.29) is 11.5 Å². The molecule has 0 unspecified atom stereocenters. The third-order valence-electron chi connectivity index (χ3n) is 4.16. The number of nitrogens with one attached hydrogen (secondary N) is 1. The standard InChI is InChI=1S/C22H37BN2O2/c1-9-14-15-18(23-13-5)19(12-4)25(16-22(6,7)8)21(27)20(26)24-17(10-2)11-3/h9,12,14-15,17,23H,1,4,10-11,13,16H2,2-3,5-8H3,(H,24,26)/b15-14-,19-18-. The number of hydrogen-bond acceptors (Lipinski definition) is 2. The third-order valence-corrected chi connectivity index (χ3v) is 4.16. The monoisotopic (exact) mass is 372 g/mol. The average Bonchev–Trinajstić information content (AvgIpc) is 2.61. The van der Waals surface area contributed by atoms with Gasteiger partial charge < -0.3 is 10.2 Å². The van der Waals surface area contributed by atoms with Crippen molar-refractivity contribution in [2.75, 3.05) is 6.54 Å². The van der Waals surface area contributed by atoms with Crippen molar-refractivity contribution in [2.45, 2.75) is 66.7 Å². The van der Waals surface area contributed by atoms with E-state index in [4.69, 9.17) is 0 Å². The van der Waals surface area contributed by atoms with Gasteiger partial charge >= 0.3 is 11.8 Å². The van der Waals surface area contributed by atoms with Crippen molar-refractivity contribution in [3.05, 3.63) is 48.6 Å². The number of carbonyl (C=O) groups excluding carboxylic acids is 2. The topological polar surface area (TPSA) is 49.4 Å². The molecular formula is C22H37BN2O2. The molecule has 0 aliphatic carbocycles. The molecule has 2 amide bonds. The highest BCUT2D eigenvalue weighted by Crippen LogP contribution is 2.22. The van der Waals surface area contributed by atoms with Crippen molar-refractivity contribution >= 4 is 19.1 Å². The van der Waals surface area contributed by atoms with Crippen LogP contribution in [0.2, 0.25) is 6.32 Å². The predicted molar refractivity (Wildman–Crippen MR) is 118 cm³/mol. The van der Waals surface area contributed by atoms with Gasteiger partial charge in [-0.15, -0.1) is 0 Å². The summed E-state index contributed by atoms with van der Waals surface area (Å²) in [6.45, 7) is 20.3. The summed E-state index contributed by atoms with van der Waals surface area (Å²) in [6, 6.07) is 0.00451. The molecule has 4 nitrogen and oxygen atoms in total. The Morgan fingerprint density at radius 2 is 1.74 bits per heavy atom. The third kappa shape index (κ3) is 8.94. The second kappa shape index (κ2) is 12.4. The first kappa shape index (κ1) is 25.0. The van der Waals surface area contributed by atoms with E-state index in [0.29, 0.717) is 12.2 Å². The highest BCUT2D eigenvalue weighted by atomic mass is 16.2. The molecule has 0 atom stereocenters. The average molecular weight is 372 g/mol. The fourth-order valence-corrected chi connectivity index (χ4v) is 2.77. The van der Waals surface area contributed by atoms with Crippen LogP contribution in [0.4, 0.5) is 0 Å². The largest absolute Gasteiger partial charge is 0.345 e. The number of hydrogen-bond donors (Lipinski definition) is 1. The Bertz CT molecular complexity index is 582. The van der Waals surface area contributed by atoms with Crippen LogP contribution in [0.25, 0.3) is 0 Å². The summed E-state index contributed by atoms with van der Waals surface area (Å²) in [6.07, 6.45) is 9.67. The Morgan fingerprint density at radius 3 is 2.15 bits per heavy atom. The van der Waals surface area contributed by atoms with Crippen molar-refractivity contribution < 1.29 is 9.59 Å². The molecule has 0 aliphatic heterocycles. The normalized spacial score (nSPS) is 12.6. The highest BCUT2D eigenvalue weighted by molar-refractivity contribution is 6.47. The van der Waals surface area contributed by atoms with Crippen molar-refractivity contribution in [3.63, 3.8) is 0 Å². The Morgan fingerprint density at radius 1 is 1.15 bits per heavy atom. The van der Waals surface area contributed by atoms with Crippen LogP contribution in [0.1, 0.15) is 54.4 Å². The quantitative estimate of drug-likeness (QED) is 0.355. The zero-order valence-corrected chi connectivity index (χ0v) is 18.1. The highest BCUT2D eigenvalue weighted by Gasteiger charge is 2.29. The van der Waals surface area contributed by atoms with E-state index in [0.717, 1.165) is 31.9 Å². The lowest BCUT2D eigenvalue weighted by atomic mass is 9.65. The Kier molecular flexibility index (Phi) is 11.4. The van der Waals surface area contributed by atoms with Crippen LogP contribution in [0, 0.1) is 5.41 Å². The van der Waals surface area contributed by atoms with Gasteiger partial charge in [-0.25, -0.2) is 0 Å². The molecule has 0 saturated carbocycles. The van der Waals surface area contributed by atoms with Crippen molar-refractivity contribution in [2.24, 2.45) is 5.41 Å². The Balaban J connectivity index is 6.07. The van der Waals surface area contributed by atoms with Gasteiger partial charge in [-0.1, -0.05) is 84.7 Å². The van der Waals surface area contributed by atoms with Gasteiger partial charge in [-0.05, 0) is 24.3 Å². The molecule has 5 heteroatoms. The molecule has 0 aromatic rings. The van der Waals surface area contributed by atoms with Crippen LogP contribution in [0.15, 0.2) is 48.6 Å². The lowest BCUT2D eigenvalue weighted by Crippen LogP contribution is -2.48. The van der Waals surface area contributed by atoms with E-state index in [1.807, 2.05) is 46.8 Å². The van der Waals surface area contributed by atoms with Crippen LogP contribution >= 0.6 is 0 Å². The van der Waals surface area contributed by atoms with Gasteiger partial charge in [0, 0.05) is 18.3 Å². The number of allylic oxidation sites excluding steroid dienone is 5. The molecule has 1 N–H and O–H groups in total. The van der Waals surface area contributed by atoms with Gasteiger partial charge in [-0.3, -0.25) is 9.59 Å². The SMILES string of the molecule is C=C/C=C\C(BCC)=C(/C=C)N(CC(C)(C)C)C(=O)C(=O)NC(CC)CC. The molecule has 0 bridgehead atoms. The van der Waals surface area contributed by atoms with Crippen molar-refractivity contribution in [1.82, 2.24) is 10.2 Å². The van der Waals surface area contributed by atoms with E-state index < -0.39 is 11.8 Å². The first-order valence-electron chi connectivity index (χ1n) is 9.92. The zero-order chi connectivity index (χ0) is 21.0. The van der Waals surface area contributed by atoms with E-state index >= 15 is 0 Å². The summed E-state index contributed by atoms with van der Waals surface area (Å²) < 4.78 is 0. The van der Waals surface area contributed by atoms with E-state index in [9.17, 15) is 9.59 Å². The first-order chi connectivity index (χ1) is 12.6. The van der Waals surface area contributed by atoms with Crippen LogP contribution in [0.5, 0.6) is 0 Å². The van der Waals surface area contributed by atoms with E-state index in [1.165, 1.54) is 0 Å². The van der Waals surface area contributed by atoms with Gasteiger partial charge in [0.1, 0.15) is 0 Å². The van der Waals surface area contributed by atoms with Crippen molar-refractivity contribution in [1.29, 1.82) is 0 Å². The molecule has 0 radical (unpaired) electrons. The van der Waals surface area contributed by atoms with Crippen LogP contribution < -0.4 is 5.32 Å². The van der Waals surface area contributed by atoms with Gasteiger partial charge in [-0.2, -0.15) is 0 Å². The summed E-state index contributed by atoms with van der Waals surface area (Å²) >= 11 is 0.